The van der Waals surface area contributed by atoms with Crippen LogP contribution in [0.5, 0.6) is 11.5 Å². The molecule has 4 bridgehead atoms. The Kier molecular flexibility index (Phi) is 4.77. The highest BCUT2D eigenvalue weighted by Gasteiger charge is 2.53. The van der Waals surface area contributed by atoms with Crippen LogP contribution in [0.25, 0.3) is 0 Å². The molecule has 0 aromatic heterocycles. The monoisotopic (exact) mass is 379 g/mol. The number of hydrogen-bond acceptors (Lipinski definition) is 3. The Morgan fingerprint density at radius 3 is 2.22 bits per heavy atom. The van der Waals surface area contributed by atoms with Crippen LogP contribution in [0.2, 0.25) is 0 Å². The van der Waals surface area contributed by atoms with Gasteiger partial charge in [-0.15, -0.1) is 0 Å². The molecule has 1 N–H and O–H groups in total. The van der Waals surface area contributed by atoms with Crippen molar-refractivity contribution in [2.75, 3.05) is 7.11 Å². The van der Waals surface area contributed by atoms with E-state index in [4.69, 9.17) is 4.74 Å². The number of carbonyl (C=O) groups is 1. The summed E-state index contributed by atoms with van der Waals surface area (Å²) in [4.78, 5) is 12.8. The molecule has 4 nitrogen and oxygen atoms in total. The SMILES string of the molecule is COc1cc(C(=O)N[C@H](C)C23CC4CC(CC(C4)C2)C3)ccc1OC(F)F. The molecule has 1 aromatic carbocycles. The third-order valence-electron chi connectivity index (χ3n) is 6.99. The maximum atomic E-state index is 12.8. The van der Waals surface area contributed by atoms with Gasteiger partial charge in [0.25, 0.3) is 5.91 Å². The summed E-state index contributed by atoms with van der Waals surface area (Å²) in [6.45, 7) is -0.814. The first-order valence-corrected chi connectivity index (χ1v) is 9.82. The van der Waals surface area contributed by atoms with Gasteiger partial charge in [0.05, 0.1) is 7.11 Å². The number of hydrogen-bond donors (Lipinski definition) is 1. The van der Waals surface area contributed by atoms with Gasteiger partial charge in [0.2, 0.25) is 0 Å². The van der Waals surface area contributed by atoms with Gasteiger partial charge in [0, 0.05) is 11.6 Å². The first kappa shape index (κ1) is 18.5. The Hall–Kier alpha value is -1.85. The van der Waals surface area contributed by atoms with Crippen molar-refractivity contribution in [1.82, 2.24) is 5.32 Å². The minimum Gasteiger partial charge on any atom is -0.493 e. The number of amides is 1. The molecule has 4 aliphatic rings. The van der Waals surface area contributed by atoms with Crippen molar-refractivity contribution < 1.29 is 23.0 Å². The van der Waals surface area contributed by atoms with Crippen LogP contribution in [-0.2, 0) is 0 Å². The van der Waals surface area contributed by atoms with E-state index in [2.05, 4.69) is 17.0 Å². The van der Waals surface area contributed by atoms with E-state index in [1.165, 1.54) is 63.8 Å². The first-order valence-electron chi connectivity index (χ1n) is 9.82. The highest BCUT2D eigenvalue weighted by Crippen LogP contribution is 2.61. The Bertz CT molecular complexity index is 686. The van der Waals surface area contributed by atoms with E-state index in [1.807, 2.05) is 0 Å². The fraction of sp³-hybridized carbons (Fsp3) is 0.667. The fourth-order valence-electron chi connectivity index (χ4n) is 6.14. The van der Waals surface area contributed by atoms with Crippen LogP contribution in [0.3, 0.4) is 0 Å². The number of benzene rings is 1. The van der Waals surface area contributed by atoms with E-state index in [0.29, 0.717) is 5.56 Å². The lowest BCUT2D eigenvalue weighted by Gasteiger charge is -2.59. The number of rotatable bonds is 6. The molecular weight excluding hydrogens is 352 g/mol. The molecule has 1 atom stereocenters. The third-order valence-corrected chi connectivity index (χ3v) is 6.99. The molecule has 148 valence electrons. The number of methoxy groups -OCH3 is 1. The molecule has 6 heteroatoms. The second-order valence-corrected chi connectivity index (χ2v) is 8.72. The van der Waals surface area contributed by atoms with Gasteiger partial charge in [-0.2, -0.15) is 8.78 Å². The first-order chi connectivity index (χ1) is 12.9. The van der Waals surface area contributed by atoms with E-state index >= 15 is 0 Å². The molecule has 27 heavy (non-hydrogen) atoms. The van der Waals surface area contributed by atoms with E-state index in [9.17, 15) is 13.6 Å². The van der Waals surface area contributed by atoms with Crippen LogP contribution in [0.4, 0.5) is 8.78 Å². The number of carbonyl (C=O) groups excluding carboxylic acids is 1. The predicted octanol–water partition coefficient (Wildman–Crippen LogP) is 4.63. The molecule has 0 unspecified atom stereocenters. The van der Waals surface area contributed by atoms with E-state index < -0.39 is 6.61 Å². The molecule has 0 aliphatic heterocycles. The molecule has 0 radical (unpaired) electrons. The smallest absolute Gasteiger partial charge is 0.387 e. The Morgan fingerprint density at radius 2 is 1.70 bits per heavy atom. The highest BCUT2D eigenvalue weighted by molar-refractivity contribution is 5.95. The van der Waals surface area contributed by atoms with Gasteiger partial charge < -0.3 is 14.8 Å². The summed E-state index contributed by atoms with van der Waals surface area (Å²) in [7, 11) is 1.37. The predicted molar refractivity (Wildman–Crippen MR) is 97.2 cm³/mol. The van der Waals surface area contributed by atoms with Crippen LogP contribution in [-0.4, -0.2) is 25.7 Å². The molecule has 0 saturated heterocycles. The zero-order valence-electron chi connectivity index (χ0n) is 15.8. The van der Waals surface area contributed by atoms with E-state index in [-0.39, 0.29) is 28.9 Å². The van der Waals surface area contributed by atoms with Gasteiger partial charge in [-0.05, 0) is 86.8 Å². The largest absolute Gasteiger partial charge is 0.493 e. The van der Waals surface area contributed by atoms with Crippen molar-refractivity contribution in [3.63, 3.8) is 0 Å². The van der Waals surface area contributed by atoms with Crippen LogP contribution in [0.1, 0.15) is 55.8 Å². The van der Waals surface area contributed by atoms with E-state index in [1.54, 1.807) is 0 Å². The van der Waals surface area contributed by atoms with Crippen LogP contribution in [0, 0.1) is 23.2 Å². The third kappa shape index (κ3) is 3.50. The van der Waals surface area contributed by atoms with Crippen LogP contribution >= 0.6 is 0 Å². The van der Waals surface area contributed by atoms with Gasteiger partial charge in [0.1, 0.15) is 0 Å². The average Bonchev–Trinajstić information content (AvgIpc) is 2.60. The van der Waals surface area contributed by atoms with Crippen molar-refractivity contribution in [2.24, 2.45) is 23.2 Å². The summed E-state index contributed by atoms with van der Waals surface area (Å²) in [5, 5.41) is 3.18. The number of nitrogens with one attached hydrogen (secondary N) is 1. The molecular formula is C21H27F2NO3. The fourth-order valence-corrected chi connectivity index (χ4v) is 6.14. The Labute approximate surface area is 158 Å². The maximum Gasteiger partial charge on any atom is 0.387 e. The van der Waals surface area contributed by atoms with Gasteiger partial charge in [-0.3, -0.25) is 4.79 Å². The number of ether oxygens (including phenoxy) is 2. The van der Waals surface area contributed by atoms with Gasteiger partial charge in [-0.1, -0.05) is 0 Å². The average molecular weight is 379 g/mol. The molecule has 0 heterocycles. The normalized spacial score (nSPS) is 32.4. The summed E-state index contributed by atoms with van der Waals surface area (Å²) in [6.07, 6.45) is 7.73. The second-order valence-electron chi connectivity index (χ2n) is 8.72. The highest BCUT2D eigenvalue weighted by atomic mass is 19.3. The lowest BCUT2D eigenvalue weighted by molar-refractivity contribution is -0.0688. The maximum absolute atomic E-state index is 12.8. The second kappa shape index (κ2) is 6.95. The Morgan fingerprint density at radius 1 is 1.11 bits per heavy atom. The van der Waals surface area contributed by atoms with Crippen molar-refractivity contribution in [3.8, 4) is 11.5 Å². The summed E-state index contributed by atoms with van der Waals surface area (Å²) in [5.74, 6) is 2.33. The topological polar surface area (TPSA) is 47.6 Å². The molecule has 0 spiro atoms. The van der Waals surface area contributed by atoms with Crippen molar-refractivity contribution in [1.29, 1.82) is 0 Å². The minimum absolute atomic E-state index is 0.0711. The van der Waals surface area contributed by atoms with Crippen molar-refractivity contribution in [3.05, 3.63) is 23.8 Å². The minimum atomic E-state index is -2.94. The lowest BCUT2D eigenvalue weighted by Crippen LogP contribution is -2.55. The van der Waals surface area contributed by atoms with Gasteiger partial charge in [0.15, 0.2) is 11.5 Å². The zero-order chi connectivity index (χ0) is 19.2. The molecule has 4 aliphatic carbocycles. The number of alkyl halides is 2. The molecule has 1 aromatic rings. The van der Waals surface area contributed by atoms with Crippen LogP contribution < -0.4 is 14.8 Å². The van der Waals surface area contributed by atoms with Gasteiger partial charge in [-0.25, -0.2) is 0 Å². The molecule has 4 saturated carbocycles. The molecule has 4 fully saturated rings. The quantitative estimate of drug-likeness (QED) is 0.784. The Balaban J connectivity index is 1.47. The standard InChI is InChI=1S/C21H27F2NO3/c1-12(21-9-13-5-14(10-21)7-15(6-13)11-21)24-19(25)16-3-4-17(27-20(22)23)18(8-16)26-2/h3-4,8,12-15,20H,5-7,9-11H2,1-2H3,(H,24,25)/t12-,13?,14?,15?,21?/m1/s1. The summed E-state index contributed by atoms with van der Waals surface area (Å²) in [6, 6.07) is 4.41. The van der Waals surface area contributed by atoms with Crippen molar-refractivity contribution >= 4 is 5.91 Å². The van der Waals surface area contributed by atoms with Crippen molar-refractivity contribution in [2.45, 2.75) is 58.1 Å². The zero-order valence-corrected chi connectivity index (χ0v) is 15.8. The lowest BCUT2D eigenvalue weighted by atomic mass is 9.48. The van der Waals surface area contributed by atoms with Gasteiger partial charge >= 0.3 is 6.61 Å². The summed E-state index contributed by atoms with van der Waals surface area (Å²) < 4.78 is 34.5. The number of halogens is 2. The van der Waals surface area contributed by atoms with E-state index in [0.717, 1.165) is 17.8 Å². The summed E-state index contributed by atoms with van der Waals surface area (Å²) >= 11 is 0. The van der Waals surface area contributed by atoms with Crippen LogP contribution in [0.15, 0.2) is 18.2 Å². The summed E-state index contributed by atoms with van der Waals surface area (Å²) in [5.41, 5.74) is 0.609. The molecule has 5 rings (SSSR count). The molecule has 1 amide bonds.